The fourth-order valence-electron chi connectivity index (χ4n) is 4.58. The number of benzene rings is 3. The minimum absolute atomic E-state index is 0.225. The lowest BCUT2D eigenvalue weighted by Crippen LogP contribution is -2.54. The first-order valence-corrected chi connectivity index (χ1v) is 11.9. The largest absolute Gasteiger partial charge is 0.480 e. The van der Waals surface area contributed by atoms with Gasteiger partial charge in [0.05, 0.1) is 0 Å². The molecule has 6 heteroatoms. The number of hydrogen-bond donors (Lipinski definition) is 1. The molecule has 0 saturated carbocycles. The van der Waals surface area contributed by atoms with Crippen LogP contribution in [0.15, 0.2) is 78.9 Å². The smallest absolute Gasteiger partial charge is 0.323 e. The van der Waals surface area contributed by atoms with Crippen LogP contribution in [0.25, 0.3) is 0 Å². The molecular weight excluding hydrogens is 440 g/mol. The van der Waals surface area contributed by atoms with Gasteiger partial charge in [0.25, 0.3) is 5.91 Å². The Bertz CT molecular complexity index is 1190. The van der Waals surface area contributed by atoms with Crippen LogP contribution in [0.1, 0.15) is 39.0 Å². The summed E-state index contributed by atoms with van der Waals surface area (Å²) in [5.74, 6) is -1.61. The Labute approximate surface area is 205 Å². The maximum Gasteiger partial charge on any atom is 0.323 e. The van der Waals surface area contributed by atoms with Crippen molar-refractivity contribution in [3.63, 3.8) is 0 Å². The fraction of sp³-hybridized carbons (Fsp3) is 0.276. The highest BCUT2D eigenvalue weighted by Crippen LogP contribution is 2.26. The van der Waals surface area contributed by atoms with Gasteiger partial charge in [0.2, 0.25) is 5.91 Å². The molecule has 0 bridgehead atoms. The molecule has 0 aromatic heterocycles. The van der Waals surface area contributed by atoms with Gasteiger partial charge in [0.1, 0.15) is 12.6 Å². The first-order chi connectivity index (χ1) is 16.9. The number of aliphatic carboxylic acids is 1. The van der Waals surface area contributed by atoms with Crippen molar-refractivity contribution in [1.82, 2.24) is 9.80 Å². The second-order valence-electron chi connectivity index (χ2n) is 9.03. The third kappa shape index (κ3) is 5.96. The molecule has 1 heterocycles. The highest BCUT2D eigenvalue weighted by Gasteiger charge is 2.37. The molecule has 1 aliphatic rings. The Morgan fingerprint density at radius 1 is 0.914 bits per heavy atom. The van der Waals surface area contributed by atoms with E-state index in [0.717, 1.165) is 28.7 Å². The van der Waals surface area contributed by atoms with Crippen molar-refractivity contribution in [1.29, 1.82) is 0 Å². The van der Waals surface area contributed by atoms with E-state index in [1.807, 2.05) is 73.7 Å². The number of aryl methyl sites for hydroxylation is 2. The molecule has 35 heavy (non-hydrogen) atoms. The second-order valence-corrected chi connectivity index (χ2v) is 9.03. The molecule has 2 amide bonds. The number of nitrogens with zero attached hydrogens (tertiary/aromatic N) is 2. The fourth-order valence-corrected chi connectivity index (χ4v) is 4.58. The minimum atomic E-state index is -1.06. The number of amides is 2. The summed E-state index contributed by atoms with van der Waals surface area (Å²) >= 11 is 0. The van der Waals surface area contributed by atoms with Gasteiger partial charge in [-0.05, 0) is 48.6 Å². The molecule has 3 aromatic rings. The van der Waals surface area contributed by atoms with Gasteiger partial charge in [0.15, 0.2) is 0 Å². The van der Waals surface area contributed by atoms with Gasteiger partial charge in [-0.3, -0.25) is 14.4 Å². The molecule has 4 rings (SSSR count). The molecule has 1 aliphatic heterocycles. The number of carbonyl (C=O) groups excluding carboxylic acids is 2. The van der Waals surface area contributed by atoms with E-state index in [0.29, 0.717) is 31.5 Å². The summed E-state index contributed by atoms with van der Waals surface area (Å²) in [5.41, 5.74) is 4.72. The normalized spacial score (nSPS) is 14.8. The van der Waals surface area contributed by atoms with Crippen molar-refractivity contribution in [2.24, 2.45) is 0 Å². The van der Waals surface area contributed by atoms with Crippen molar-refractivity contribution in [3.05, 3.63) is 107 Å². The maximum absolute atomic E-state index is 13.8. The van der Waals surface area contributed by atoms with E-state index in [1.165, 1.54) is 4.90 Å². The Balaban J connectivity index is 1.58. The van der Waals surface area contributed by atoms with E-state index in [4.69, 9.17) is 0 Å². The highest BCUT2D eigenvalue weighted by molar-refractivity contribution is 5.98. The van der Waals surface area contributed by atoms with E-state index >= 15 is 0 Å². The summed E-state index contributed by atoms with van der Waals surface area (Å²) < 4.78 is 0. The first-order valence-electron chi connectivity index (χ1n) is 11.9. The van der Waals surface area contributed by atoms with Gasteiger partial charge in [-0.15, -0.1) is 0 Å². The molecule has 0 aliphatic carbocycles. The van der Waals surface area contributed by atoms with Crippen molar-refractivity contribution in [2.75, 3.05) is 13.1 Å². The first kappa shape index (κ1) is 24.2. The number of rotatable bonds is 8. The third-order valence-electron chi connectivity index (χ3n) is 6.47. The van der Waals surface area contributed by atoms with Gasteiger partial charge >= 0.3 is 5.97 Å². The number of carboxylic acid groups (broad SMARTS) is 1. The van der Waals surface area contributed by atoms with Crippen molar-refractivity contribution < 1.29 is 19.5 Å². The molecule has 0 unspecified atom stereocenters. The van der Waals surface area contributed by atoms with Crippen LogP contribution in [0.3, 0.4) is 0 Å². The van der Waals surface area contributed by atoms with E-state index in [1.54, 1.807) is 17.0 Å². The number of hydrogen-bond acceptors (Lipinski definition) is 3. The van der Waals surface area contributed by atoms with E-state index in [9.17, 15) is 19.5 Å². The monoisotopic (exact) mass is 470 g/mol. The summed E-state index contributed by atoms with van der Waals surface area (Å²) in [6.07, 6.45) is 1.74. The zero-order chi connectivity index (χ0) is 24.8. The van der Waals surface area contributed by atoms with Crippen LogP contribution in [-0.4, -0.2) is 51.8 Å². The zero-order valence-corrected chi connectivity index (χ0v) is 19.9. The van der Waals surface area contributed by atoms with Gasteiger partial charge in [-0.25, -0.2) is 0 Å². The number of fused-ring (bicyclic) bond motifs is 1. The van der Waals surface area contributed by atoms with E-state index < -0.39 is 18.6 Å². The predicted molar refractivity (Wildman–Crippen MR) is 134 cm³/mol. The van der Waals surface area contributed by atoms with Crippen LogP contribution >= 0.6 is 0 Å². The number of carbonyl (C=O) groups is 3. The molecule has 1 atom stereocenters. The molecule has 0 radical (unpaired) electrons. The summed E-state index contributed by atoms with van der Waals surface area (Å²) in [5, 5.41) is 9.51. The Morgan fingerprint density at radius 3 is 2.26 bits per heavy atom. The molecular formula is C29H30N2O4. The SMILES string of the molecule is Cc1ccc(C(=O)N2Cc3ccccc3C[C@@H]2C(=O)N(CCCc2ccccc2)CC(=O)O)cc1. The van der Waals surface area contributed by atoms with Crippen molar-refractivity contribution in [3.8, 4) is 0 Å². The van der Waals surface area contributed by atoms with E-state index in [2.05, 4.69) is 0 Å². The van der Waals surface area contributed by atoms with Gasteiger partial charge in [-0.1, -0.05) is 72.3 Å². The molecule has 180 valence electrons. The zero-order valence-electron chi connectivity index (χ0n) is 19.9. The molecule has 0 spiro atoms. The lowest BCUT2D eigenvalue weighted by atomic mass is 9.92. The quantitative estimate of drug-likeness (QED) is 0.538. The van der Waals surface area contributed by atoms with Gasteiger partial charge in [-0.2, -0.15) is 0 Å². The van der Waals surface area contributed by atoms with E-state index in [-0.39, 0.29) is 11.8 Å². The predicted octanol–water partition coefficient (Wildman–Crippen LogP) is 4.11. The maximum atomic E-state index is 13.8. The summed E-state index contributed by atoms with van der Waals surface area (Å²) in [6.45, 7) is 2.18. The summed E-state index contributed by atoms with van der Waals surface area (Å²) in [4.78, 5) is 41.9. The molecule has 3 aromatic carbocycles. The van der Waals surface area contributed by atoms with Crippen molar-refractivity contribution >= 4 is 17.8 Å². The summed E-state index contributed by atoms with van der Waals surface area (Å²) in [7, 11) is 0. The van der Waals surface area contributed by atoms with Crippen molar-refractivity contribution in [2.45, 2.75) is 38.8 Å². The average molecular weight is 471 g/mol. The standard InChI is InChI=1S/C29H30N2O4/c1-21-13-15-23(16-14-21)28(34)31-19-25-12-6-5-11-24(25)18-26(31)29(35)30(20-27(32)33)17-7-10-22-8-3-2-4-9-22/h2-6,8-9,11-16,26H,7,10,17-20H2,1H3,(H,32,33)/t26-/m1/s1. The van der Waals surface area contributed by atoms with Crippen LogP contribution in [0.2, 0.25) is 0 Å². The second kappa shape index (κ2) is 11.0. The molecule has 0 saturated heterocycles. The van der Waals surface area contributed by atoms with Crippen LogP contribution in [0.4, 0.5) is 0 Å². The Hall–Kier alpha value is -3.93. The Morgan fingerprint density at radius 2 is 1.57 bits per heavy atom. The lowest BCUT2D eigenvalue weighted by molar-refractivity contribution is -0.146. The molecule has 0 fully saturated rings. The van der Waals surface area contributed by atoms with Crippen LogP contribution in [0.5, 0.6) is 0 Å². The molecule has 1 N–H and O–H groups in total. The topological polar surface area (TPSA) is 77.9 Å². The van der Waals surface area contributed by atoms with Crippen LogP contribution in [-0.2, 0) is 29.0 Å². The van der Waals surface area contributed by atoms with Crippen LogP contribution in [0, 0.1) is 6.92 Å². The summed E-state index contributed by atoms with van der Waals surface area (Å²) in [6, 6.07) is 24.2. The minimum Gasteiger partial charge on any atom is -0.480 e. The average Bonchev–Trinajstić information content (AvgIpc) is 2.87. The highest BCUT2D eigenvalue weighted by atomic mass is 16.4. The number of carboxylic acids is 1. The third-order valence-corrected chi connectivity index (χ3v) is 6.47. The lowest BCUT2D eigenvalue weighted by Gasteiger charge is -2.38. The Kier molecular flexibility index (Phi) is 7.60. The van der Waals surface area contributed by atoms with Gasteiger partial charge in [0, 0.05) is 25.1 Å². The van der Waals surface area contributed by atoms with Gasteiger partial charge < -0.3 is 14.9 Å². The molecule has 6 nitrogen and oxygen atoms in total. The van der Waals surface area contributed by atoms with Crippen LogP contribution < -0.4 is 0 Å².